The van der Waals surface area contributed by atoms with E-state index in [1.807, 2.05) is 25.3 Å². The Kier molecular flexibility index (Phi) is 6.36. The zero-order valence-corrected chi connectivity index (χ0v) is 17.8. The van der Waals surface area contributed by atoms with Gasteiger partial charge in [-0.2, -0.15) is 5.26 Å². The summed E-state index contributed by atoms with van der Waals surface area (Å²) in [6, 6.07) is 9.61. The summed E-state index contributed by atoms with van der Waals surface area (Å²) < 4.78 is 13.1. The number of nitrogens with zero attached hydrogens (tertiary/aromatic N) is 1. The van der Waals surface area contributed by atoms with Gasteiger partial charge in [-0.25, -0.2) is 4.39 Å². The van der Waals surface area contributed by atoms with Crippen molar-refractivity contribution in [2.24, 2.45) is 0 Å². The van der Waals surface area contributed by atoms with Crippen molar-refractivity contribution in [1.82, 2.24) is 5.32 Å². The number of ketones is 2. The van der Waals surface area contributed by atoms with Crippen LogP contribution in [0.1, 0.15) is 40.6 Å². The van der Waals surface area contributed by atoms with Crippen LogP contribution in [0.2, 0.25) is 0 Å². The van der Waals surface area contributed by atoms with E-state index in [1.54, 1.807) is 0 Å². The van der Waals surface area contributed by atoms with E-state index in [1.165, 1.54) is 54.3 Å². The molecule has 1 aromatic carbocycles. The molecule has 0 unspecified atom stereocenters. The number of rotatable bonds is 6. The number of carbonyl (C=O) groups excluding carboxylic acids is 2. The summed E-state index contributed by atoms with van der Waals surface area (Å²) in [5.74, 6) is -0.999. The zero-order chi connectivity index (χ0) is 21.1. The number of allylic oxidation sites excluding steroid dienone is 3. The van der Waals surface area contributed by atoms with Crippen molar-refractivity contribution in [1.29, 1.82) is 5.26 Å². The van der Waals surface area contributed by atoms with Gasteiger partial charge < -0.3 is 5.32 Å². The van der Waals surface area contributed by atoms with Crippen molar-refractivity contribution in [3.8, 4) is 6.07 Å². The summed E-state index contributed by atoms with van der Waals surface area (Å²) in [5, 5.41) is 15.6. The van der Waals surface area contributed by atoms with E-state index in [-0.39, 0.29) is 17.3 Å². The maximum atomic E-state index is 13.1. The Morgan fingerprint density at radius 2 is 1.93 bits per heavy atom. The molecule has 1 aromatic heterocycles. The molecule has 1 atom stereocenters. The molecule has 1 aliphatic rings. The molecule has 0 aliphatic carbocycles. The molecular weight excluding hydrogens is 407 g/mol. The molecule has 0 bridgehead atoms. The van der Waals surface area contributed by atoms with Crippen LogP contribution in [0.15, 0.2) is 57.6 Å². The highest BCUT2D eigenvalue weighted by Crippen LogP contribution is 2.43. The molecule has 7 heteroatoms. The average molecular weight is 427 g/mol. The van der Waals surface area contributed by atoms with Gasteiger partial charge in [0, 0.05) is 21.7 Å². The van der Waals surface area contributed by atoms with Gasteiger partial charge in [-0.3, -0.25) is 9.59 Å². The van der Waals surface area contributed by atoms with Gasteiger partial charge in [-0.1, -0.05) is 11.8 Å². The Morgan fingerprint density at radius 1 is 1.24 bits per heavy atom. The number of nitriles is 1. The third-order valence-electron chi connectivity index (χ3n) is 4.70. The molecular formula is C22H19FN2O2S2. The lowest BCUT2D eigenvalue weighted by atomic mass is 9.84. The molecule has 1 N–H and O–H groups in total. The third-order valence-corrected chi connectivity index (χ3v) is 6.81. The predicted octanol–water partition coefficient (Wildman–Crippen LogP) is 5.10. The summed E-state index contributed by atoms with van der Waals surface area (Å²) in [5.41, 5.74) is 3.12. The largest absolute Gasteiger partial charge is 0.353 e. The number of hydrogen-bond acceptors (Lipinski definition) is 6. The van der Waals surface area contributed by atoms with E-state index in [0.29, 0.717) is 27.4 Å². The Hall–Kier alpha value is -2.69. The lowest BCUT2D eigenvalue weighted by molar-refractivity contribution is -0.113. The predicted molar refractivity (Wildman–Crippen MR) is 114 cm³/mol. The van der Waals surface area contributed by atoms with Crippen molar-refractivity contribution < 1.29 is 14.0 Å². The van der Waals surface area contributed by atoms with Gasteiger partial charge in [-0.15, -0.1) is 11.3 Å². The van der Waals surface area contributed by atoms with Gasteiger partial charge in [0.05, 0.1) is 28.3 Å². The fourth-order valence-corrected chi connectivity index (χ4v) is 5.32. The highest BCUT2D eigenvalue weighted by Gasteiger charge is 2.34. The first-order valence-corrected chi connectivity index (χ1v) is 10.8. The van der Waals surface area contributed by atoms with Crippen LogP contribution in [-0.4, -0.2) is 17.3 Å². The number of benzene rings is 1. The lowest BCUT2D eigenvalue weighted by Crippen LogP contribution is -2.27. The smallest absolute Gasteiger partial charge is 0.173 e. The Labute approximate surface area is 177 Å². The minimum Gasteiger partial charge on any atom is -0.353 e. The number of nitrogens with one attached hydrogen (secondary N) is 1. The Bertz CT molecular complexity index is 1070. The highest BCUT2D eigenvalue weighted by atomic mass is 32.2. The Morgan fingerprint density at radius 3 is 2.48 bits per heavy atom. The molecule has 0 radical (unpaired) electrons. The fraction of sp³-hybridized carbons (Fsp3) is 0.227. The van der Waals surface area contributed by atoms with Crippen LogP contribution in [0.4, 0.5) is 4.39 Å². The van der Waals surface area contributed by atoms with E-state index < -0.39 is 11.7 Å². The topological polar surface area (TPSA) is 70.0 Å². The van der Waals surface area contributed by atoms with Crippen LogP contribution in [0.5, 0.6) is 0 Å². The van der Waals surface area contributed by atoms with Gasteiger partial charge in [0.1, 0.15) is 5.82 Å². The van der Waals surface area contributed by atoms with Crippen LogP contribution >= 0.6 is 23.1 Å². The zero-order valence-electron chi connectivity index (χ0n) is 16.2. The number of Topliss-reactive ketones (excluding diaryl/α,β-unsaturated/α-hetero) is 2. The fourth-order valence-electron chi connectivity index (χ4n) is 3.29. The number of carbonyl (C=O) groups is 2. The first kappa shape index (κ1) is 21.0. The maximum Gasteiger partial charge on any atom is 0.173 e. The number of hydrogen-bond donors (Lipinski definition) is 1. The van der Waals surface area contributed by atoms with E-state index >= 15 is 0 Å². The average Bonchev–Trinajstić information content (AvgIpc) is 3.11. The molecule has 3 rings (SSSR count). The van der Waals surface area contributed by atoms with Gasteiger partial charge in [0.2, 0.25) is 0 Å². The minimum atomic E-state index is -0.442. The molecule has 148 valence electrons. The molecule has 0 fully saturated rings. The molecule has 1 aliphatic heterocycles. The number of thiophene rings is 1. The molecule has 0 saturated carbocycles. The number of thioether (sulfide) groups is 1. The normalized spacial score (nSPS) is 16.4. The molecule has 0 spiro atoms. The number of aryl methyl sites for hydroxylation is 1. The van der Waals surface area contributed by atoms with Gasteiger partial charge >= 0.3 is 0 Å². The van der Waals surface area contributed by atoms with Gasteiger partial charge in [-0.05, 0) is 62.0 Å². The summed E-state index contributed by atoms with van der Waals surface area (Å²) >= 11 is 2.74. The number of dihydropyridines is 1. The van der Waals surface area contributed by atoms with Crippen LogP contribution in [0, 0.1) is 24.1 Å². The second-order valence-electron chi connectivity index (χ2n) is 6.69. The summed E-state index contributed by atoms with van der Waals surface area (Å²) in [6.45, 7) is 5.27. The van der Waals surface area contributed by atoms with Crippen molar-refractivity contribution in [3.05, 3.63) is 79.4 Å². The molecule has 4 nitrogen and oxygen atoms in total. The monoisotopic (exact) mass is 426 g/mol. The van der Waals surface area contributed by atoms with Crippen LogP contribution in [-0.2, 0) is 4.79 Å². The van der Waals surface area contributed by atoms with E-state index in [4.69, 9.17) is 0 Å². The molecule has 0 amide bonds. The van der Waals surface area contributed by atoms with E-state index in [0.717, 1.165) is 10.4 Å². The van der Waals surface area contributed by atoms with Crippen LogP contribution in [0.3, 0.4) is 0 Å². The van der Waals surface area contributed by atoms with Gasteiger partial charge in [0.15, 0.2) is 11.6 Å². The quantitative estimate of drug-likeness (QED) is 0.651. The van der Waals surface area contributed by atoms with Crippen molar-refractivity contribution in [2.75, 3.05) is 5.75 Å². The lowest BCUT2D eigenvalue weighted by Gasteiger charge is -2.29. The third kappa shape index (κ3) is 4.34. The van der Waals surface area contributed by atoms with Crippen LogP contribution < -0.4 is 5.32 Å². The van der Waals surface area contributed by atoms with Crippen molar-refractivity contribution >= 4 is 34.7 Å². The second kappa shape index (κ2) is 8.76. The second-order valence-corrected chi connectivity index (χ2v) is 8.63. The minimum absolute atomic E-state index is 0.0908. The molecule has 2 heterocycles. The summed E-state index contributed by atoms with van der Waals surface area (Å²) in [6.07, 6.45) is 0. The van der Waals surface area contributed by atoms with Crippen molar-refractivity contribution in [3.63, 3.8) is 0 Å². The van der Waals surface area contributed by atoms with Gasteiger partial charge in [0.25, 0.3) is 0 Å². The first-order chi connectivity index (χ1) is 13.8. The maximum absolute atomic E-state index is 13.1. The molecule has 0 saturated heterocycles. The first-order valence-electron chi connectivity index (χ1n) is 8.92. The number of halogens is 1. The SMILES string of the molecule is CC(=O)C1=C(C)NC(SCC(=O)c2ccc(F)cc2)=C(C#N)[C@@H]1c1sccc1C. The molecule has 29 heavy (non-hydrogen) atoms. The van der Waals surface area contributed by atoms with Crippen LogP contribution in [0.25, 0.3) is 0 Å². The van der Waals surface area contributed by atoms with E-state index in [9.17, 15) is 19.2 Å². The molecule has 2 aromatic rings. The van der Waals surface area contributed by atoms with Crippen molar-refractivity contribution in [2.45, 2.75) is 26.7 Å². The van der Waals surface area contributed by atoms with E-state index in [2.05, 4.69) is 11.4 Å². The summed E-state index contributed by atoms with van der Waals surface area (Å²) in [7, 11) is 0. The standard InChI is InChI=1S/C22H19FN2O2S2/c1-12-8-9-28-21(12)20-17(10-24)22(25-13(2)19(20)14(3)26)29-11-18(27)15-4-6-16(23)7-5-15/h4-9,20,25H,11H2,1-3H3/t20-/m0/s1. The highest BCUT2D eigenvalue weighted by molar-refractivity contribution is 8.03. The summed E-state index contributed by atoms with van der Waals surface area (Å²) in [4.78, 5) is 25.8. The Balaban J connectivity index is 1.94.